The van der Waals surface area contributed by atoms with Crippen LogP contribution in [0.15, 0.2) is 101 Å². The van der Waals surface area contributed by atoms with Crippen LogP contribution in [0.4, 0.5) is 11.4 Å². The number of alkyl halides is 1. The largest absolute Gasteiger partial charge is 0.259 e. The van der Waals surface area contributed by atoms with Crippen LogP contribution in [-0.4, -0.2) is 0 Å². The van der Waals surface area contributed by atoms with Crippen LogP contribution in [0.5, 0.6) is 0 Å². The van der Waals surface area contributed by atoms with E-state index in [0.717, 1.165) is 16.9 Å². The lowest BCUT2D eigenvalue weighted by Gasteiger charge is -2.36. The second-order valence-corrected chi connectivity index (χ2v) is 5.95. The third-order valence-corrected chi connectivity index (χ3v) is 4.46. The molecule has 0 N–H and O–H groups in total. The Hall–Kier alpha value is -2.85. The van der Waals surface area contributed by atoms with Gasteiger partial charge < -0.3 is 0 Å². The summed E-state index contributed by atoms with van der Waals surface area (Å²) in [7, 11) is 0. The molecule has 0 saturated heterocycles. The fourth-order valence-electron chi connectivity index (χ4n) is 2.77. The highest BCUT2D eigenvalue weighted by Gasteiger charge is 2.48. The van der Waals surface area contributed by atoms with Crippen molar-refractivity contribution in [1.29, 1.82) is 0 Å². The van der Waals surface area contributed by atoms with Gasteiger partial charge >= 0.3 is 0 Å². The molecule has 0 aliphatic carbocycles. The molecule has 4 rings (SSSR count). The summed E-state index contributed by atoms with van der Waals surface area (Å²) in [6, 6.07) is 29.5. The van der Waals surface area contributed by atoms with Crippen LogP contribution in [0.1, 0.15) is 5.56 Å². The maximum atomic E-state index is 7.16. The Kier molecular flexibility index (Phi) is 3.67. The molecule has 0 radical (unpaired) electrons. The van der Waals surface area contributed by atoms with Crippen LogP contribution < -0.4 is 10.0 Å². The topological polar surface area (TPSA) is 31.2 Å². The van der Waals surface area contributed by atoms with E-state index < -0.39 is 5.12 Å². The highest BCUT2D eigenvalue weighted by atomic mass is 35.5. The van der Waals surface area contributed by atoms with Gasteiger partial charge in [-0.05, 0) is 34.7 Å². The van der Waals surface area contributed by atoms with E-state index >= 15 is 0 Å². The van der Waals surface area contributed by atoms with Gasteiger partial charge in [0, 0.05) is 5.56 Å². The predicted octanol–water partition coefficient (Wildman–Crippen LogP) is 5.34. The van der Waals surface area contributed by atoms with Gasteiger partial charge in [0.1, 0.15) is 0 Å². The molecule has 0 unspecified atom stereocenters. The van der Waals surface area contributed by atoms with Crippen LogP contribution in [-0.2, 0) is 5.12 Å². The fourth-order valence-corrected chi connectivity index (χ4v) is 3.16. The minimum atomic E-state index is -1.07. The minimum Gasteiger partial charge on any atom is -0.199 e. The molecular formula is C19H15ClN4. The van der Waals surface area contributed by atoms with Crippen LogP contribution >= 0.6 is 11.6 Å². The van der Waals surface area contributed by atoms with Gasteiger partial charge in [0.05, 0.1) is 11.4 Å². The summed E-state index contributed by atoms with van der Waals surface area (Å²) in [5, 5.41) is 11.1. The van der Waals surface area contributed by atoms with Crippen molar-refractivity contribution in [3.05, 3.63) is 96.6 Å². The van der Waals surface area contributed by atoms with Crippen LogP contribution in [0, 0.1) is 0 Å². The van der Waals surface area contributed by atoms with E-state index in [2.05, 4.69) is 10.4 Å². The summed E-state index contributed by atoms with van der Waals surface area (Å²) >= 11 is 7.16. The highest BCUT2D eigenvalue weighted by molar-refractivity contribution is 6.26. The summed E-state index contributed by atoms with van der Waals surface area (Å²) in [6.45, 7) is 0. The van der Waals surface area contributed by atoms with Crippen molar-refractivity contribution >= 4 is 23.0 Å². The lowest BCUT2D eigenvalue weighted by Crippen LogP contribution is -2.46. The van der Waals surface area contributed by atoms with Crippen LogP contribution in [0.2, 0.25) is 0 Å². The van der Waals surface area contributed by atoms with Gasteiger partial charge in [-0.2, -0.15) is 10.0 Å². The lowest BCUT2D eigenvalue weighted by molar-refractivity contribution is 0.607. The van der Waals surface area contributed by atoms with E-state index in [1.54, 1.807) is 10.0 Å². The van der Waals surface area contributed by atoms with Crippen molar-refractivity contribution in [2.45, 2.75) is 5.12 Å². The molecule has 0 fully saturated rings. The third-order valence-electron chi connectivity index (χ3n) is 3.92. The van der Waals surface area contributed by atoms with Crippen molar-refractivity contribution in [1.82, 2.24) is 0 Å². The fraction of sp³-hybridized carbons (Fsp3) is 0.0526. The van der Waals surface area contributed by atoms with Gasteiger partial charge in [0.15, 0.2) is 0 Å². The Morgan fingerprint density at radius 3 is 1.38 bits per heavy atom. The van der Waals surface area contributed by atoms with Crippen molar-refractivity contribution in [3.8, 4) is 0 Å². The number of nitrogens with zero attached hydrogens (tertiary/aromatic N) is 4. The Morgan fingerprint density at radius 2 is 0.958 bits per heavy atom. The molecule has 118 valence electrons. The lowest BCUT2D eigenvalue weighted by atomic mass is 10.1. The zero-order chi connectivity index (χ0) is 16.4. The summed E-state index contributed by atoms with van der Waals surface area (Å²) in [5.74, 6) is 0. The van der Waals surface area contributed by atoms with E-state index in [0.29, 0.717) is 0 Å². The Morgan fingerprint density at radius 1 is 0.583 bits per heavy atom. The number of benzene rings is 3. The maximum absolute atomic E-state index is 7.16. The second kappa shape index (κ2) is 5.98. The number of para-hydroxylation sites is 2. The molecule has 24 heavy (non-hydrogen) atoms. The minimum absolute atomic E-state index is 0.874. The molecular weight excluding hydrogens is 320 g/mol. The Labute approximate surface area is 145 Å². The quantitative estimate of drug-likeness (QED) is 0.478. The first-order valence-corrected chi connectivity index (χ1v) is 8.04. The van der Waals surface area contributed by atoms with Crippen molar-refractivity contribution in [2.24, 2.45) is 10.4 Å². The molecule has 3 aromatic carbocycles. The highest BCUT2D eigenvalue weighted by Crippen LogP contribution is 2.46. The smallest absolute Gasteiger partial charge is 0.199 e. The van der Waals surface area contributed by atoms with Gasteiger partial charge in [-0.1, -0.05) is 78.3 Å². The Bertz CT molecular complexity index is 788. The molecule has 5 heteroatoms. The van der Waals surface area contributed by atoms with Gasteiger partial charge in [-0.3, -0.25) is 0 Å². The number of anilines is 2. The molecule has 3 aromatic rings. The molecule has 4 nitrogen and oxygen atoms in total. The summed E-state index contributed by atoms with van der Waals surface area (Å²) in [5.41, 5.74) is 2.64. The molecule has 0 saturated carbocycles. The first-order chi connectivity index (χ1) is 11.8. The van der Waals surface area contributed by atoms with Gasteiger partial charge in [0.2, 0.25) is 0 Å². The monoisotopic (exact) mass is 334 g/mol. The van der Waals surface area contributed by atoms with E-state index in [1.165, 1.54) is 0 Å². The normalized spacial score (nSPS) is 15.7. The van der Waals surface area contributed by atoms with Gasteiger partial charge in [-0.15, -0.1) is 0 Å². The standard InChI is InChI=1S/C19H15ClN4/c20-19(16-10-4-1-5-11-16)23(17-12-6-2-7-13-17)21-22-24(19)18-14-8-3-9-15-18/h1-15H. The zero-order valence-electron chi connectivity index (χ0n) is 12.8. The summed E-state index contributed by atoms with van der Waals surface area (Å²) in [4.78, 5) is 0. The SMILES string of the molecule is ClC1(c2ccccc2)N(c2ccccc2)N=NN1c1ccccc1. The van der Waals surface area contributed by atoms with Crippen LogP contribution in [0.25, 0.3) is 0 Å². The zero-order valence-corrected chi connectivity index (χ0v) is 13.6. The van der Waals surface area contributed by atoms with E-state index in [-0.39, 0.29) is 0 Å². The molecule has 1 aliphatic heterocycles. The molecule has 1 aliphatic rings. The van der Waals surface area contributed by atoms with Crippen LogP contribution in [0.3, 0.4) is 0 Å². The number of rotatable bonds is 3. The van der Waals surface area contributed by atoms with E-state index in [4.69, 9.17) is 11.6 Å². The van der Waals surface area contributed by atoms with Crippen molar-refractivity contribution in [2.75, 3.05) is 10.0 Å². The molecule has 0 aromatic heterocycles. The molecule has 1 heterocycles. The molecule has 0 bridgehead atoms. The number of halogens is 1. The average molecular weight is 335 g/mol. The molecule has 0 atom stereocenters. The third kappa shape index (κ3) is 2.32. The first-order valence-electron chi connectivity index (χ1n) is 7.67. The second-order valence-electron chi connectivity index (χ2n) is 5.43. The van der Waals surface area contributed by atoms with Gasteiger partial charge in [0.25, 0.3) is 5.12 Å². The summed E-state index contributed by atoms with van der Waals surface area (Å²) in [6.07, 6.45) is 0. The average Bonchev–Trinajstić information content (AvgIpc) is 3.02. The number of hydrogen-bond donors (Lipinski definition) is 0. The summed E-state index contributed by atoms with van der Waals surface area (Å²) < 4.78 is 0. The Balaban J connectivity index is 1.86. The molecule has 0 amide bonds. The van der Waals surface area contributed by atoms with E-state index in [1.807, 2.05) is 91.0 Å². The van der Waals surface area contributed by atoms with Crippen molar-refractivity contribution < 1.29 is 0 Å². The number of hydrogen-bond acceptors (Lipinski definition) is 4. The van der Waals surface area contributed by atoms with Gasteiger partial charge in [-0.25, -0.2) is 0 Å². The predicted molar refractivity (Wildman–Crippen MR) is 96.7 cm³/mol. The van der Waals surface area contributed by atoms with Crippen molar-refractivity contribution in [3.63, 3.8) is 0 Å². The van der Waals surface area contributed by atoms with E-state index in [9.17, 15) is 0 Å². The maximum Gasteiger partial charge on any atom is 0.259 e. The molecule has 0 spiro atoms. The first kappa shape index (κ1) is 14.7.